The van der Waals surface area contributed by atoms with E-state index >= 15 is 0 Å². The summed E-state index contributed by atoms with van der Waals surface area (Å²) >= 11 is 0. The molecule has 0 aromatic heterocycles. The molecule has 1 aromatic rings. The van der Waals surface area contributed by atoms with E-state index in [4.69, 9.17) is 0 Å². The Labute approximate surface area is 74.2 Å². The normalized spacial score (nSPS) is 9.92. The maximum atomic E-state index is 4.07. The van der Waals surface area contributed by atoms with Crippen LogP contribution >= 0.6 is 0 Å². The Morgan fingerprint density at radius 1 is 1.17 bits per heavy atom. The molecule has 0 amide bonds. The van der Waals surface area contributed by atoms with Crippen LogP contribution < -0.4 is 4.90 Å². The topological polar surface area (TPSA) is 17.3 Å². The second-order valence-electron chi connectivity index (χ2n) is 3.04. The Bertz CT molecular complexity index is 226. The van der Waals surface area contributed by atoms with Crippen LogP contribution in [0, 0.1) is 0 Å². The largest absolute Gasteiger partial charge is 0.661 e. The van der Waals surface area contributed by atoms with Crippen LogP contribution in [0.2, 0.25) is 0 Å². The number of anilines is 1. The lowest BCUT2D eigenvalue weighted by Gasteiger charge is -2.15. The first kappa shape index (κ1) is 9.07. The molecular formula is C10H15N2-. The first-order chi connectivity index (χ1) is 5.74. The van der Waals surface area contributed by atoms with Gasteiger partial charge >= 0.3 is 0 Å². The smallest absolute Gasteiger partial charge is 0.0361 e. The predicted octanol–water partition coefficient (Wildman–Crippen LogP) is 2.26. The van der Waals surface area contributed by atoms with Crippen LogP contribution in [0.25, 0.3) is 5.32 Å². The van der Waals surface area contributed by atoms with Crippen molar-refractivity contribution < 1.29 is 0 Å². The van der Waals surface area contributed by atoms with Gasteiger partial charge in [-0.25, -0.2) is 0 Å². The molecule has 0 saturated heterocycles. The number of rotatable bonds is 3. The quantitative estimate of drug-likeness (QED) is 0.668. The van der Waals surface area contributed by atoms with Crippen molar-refractivity contribution in [3.63, 3.8) is 0 Å². The molecule has 0 aliphatic heterocycles. The van der Waals surface area contributed by atoms with Gasteiger partial charge in [0.15, 0.2) is 0 Å². The van der Waals surface area contributed by atoms with Crippen LogP contribution in [0.3, 0.4) is 0 Å². The maximum absolute atomic E-state index is 4.07. The Hall–Kier alpha value is -1.02. The van der Waals surface area contributed by atoms with Crippen molar-refractivity contribution in [3.8, 4) is 0 Å². The Morgan fingerprint density at radius 3 is 2.17 bits per heavy atom. The van der Waals surface area contributed by atoms with E-state index in [-0.39, 0.29) is 0 Å². The highest BCUT2D eigenvalue weighted by Gasteiger charge is 1.91. The minimum atomic E-state index is 0.813. The van der Waals surface area contributed by atoms with Crippen molar-refractivity contribution in [3.05, 3.63) is 35.1 Å². The Kier molecular flexibility index (Phi) is 3.11. The van der Waals surface area contributed by atoms with Crippen molar-refractivity contribution in [1.82, 2.24) is 0 Å². The van der Waals surface area contributed by atoms with Crippen LogP contribution in [-0.2, 0) is 6.54 Å². The molecule has 1 aromatic carbocycles. The van der Waals surface area contributed by atoms with E-state index in [1.165, 1.54) is 11.3 Å². The van der Waals surface area contributed by atoms with Crippen LogP contribution in [-0.4, -0.2) is 21.1 Å². The summed E-state index contributed by atoms with van der Waals surface area (Å²) in [5.74, 6) is 0. The van der Waals surface area contributed by atoms with E-state index in [1.807, 2.05) is 21.1 Å². The van der Waals surface area contributed by atoms with Gasteiger partial charge in [-0.1, -0.05) is 17.7 Å². The molecule has 0 aliphatic carbocycles. The zero-order valence-corrected chi connectivity index (χ0v) is 7.91. The summed E-state index contributed by atoms with van der Waals surface area (Å²) in [5.41, 5.74) is 2.50. The van der Waals surface area contributed by atoms with Gasteiger partial charge in [-0.05, 0) is 12.1 Å². The average Bonchev–Trinajstić information content (AvgIpc) is 2.06. The third-order valence-corrected chi connectivity index (χ3v) is 1.79. The molecule has 0 saturated carbocycles. The van der Waals surface area contributed by atoms with E-state index in [2.05, 4.69) is 34.5 Å². The minimum Gasteiger partial charge on any atom is -0.661 e. The molecule has 1 rings (SSSR count). The zero-order chi connectivity index (χ0) is 8.97. The molecule has 0 spiro atoms. The van der Waals surface area contributed by atoms with Gasteiger partial charge in [0.1, 0.15) is 0 Å². The predicted molar refractivity (Wildman–Crippen MR) is 53.8 cm³/mol. The lowest BCUT2D eigenvalue weighted by atomic mass is 10.2. The molecular weight excluding hydrogens is 148 g/mol. The number of hydrogen-bond donors (Lipinski definition) is 0. The highest BCUT2D eigenvalue weighted by Crippen LogP contribution is 2.13. The molecule has 66 valence electrons. The molecule has 0 radical (unpaired) electrons. The zero-order valence-electron chi connectivity index (χ0n) is 7.91. The number of hydrogen-bond acceptors (Lipinski definition) is 1. The molecule has 2 nitrogen and oxygen atoms in total. The summed E-state index contributed by atoms with van der Waals surface area (Å²) in [7, 11) is 5.91. The molecule has 0 atom stereocenters. The first-order valence-electron chi connectivity index (χ1n) is 4.06. The van der Waals surface area contributed by atoms with E-state index in [0.717, 1.165) is 6.54 Å². The van der Waals surface area contributed by atoms with E-state index in [9.17, 15) is 0 Å². The second kappa shape index (κ2) is 4.12. The van der Waals surface area contributed by atoms with Gasteiger partial charge in [-0.3, -0.25) is 0 Å². The van der Waals surface area contributed by atoms with E-state index in [0.29, 0.717) is 0 Å². The third-order valence-electron chi connectivity index (χ3n) is 1.79. The second-order valence-corrected chi connectivity index (χ2v) is 3.04. The minimum absolute atomic E-state index is 0.813. The van der Waals surface area contributed by atoms with E-state index < -0.39 is 0 Å². The lowest BCUT2D eigenvalue weighted by Crippen LogP contribution is -2.08. The SMILES string of the molecule is C[N-]Cc1ccc(N(C)C)cc1. The summed E-state index contributed by atoms with van der Waals surface area (Å²) in [6.45, 7) is 0.813. The molecule has 0 unspecified atom stereocenters. The third kappa shape index (κ3) is 2.24. The average molecular weight is 163 g/mol. The van der Waals surface area contributed by atoms with Crippen molar-refractivity contribution in [2.75, 3.05) is 26.0 Å². The summed E-state index contributed by atoms with van der Waals surface area (Å²) in [4.78, 5) is 2.09. The van der Waals surface area contributed by atoms with Gasteiger partial charge in [0.2, 0.25) is 0 Å². The fourth-order valence-electron chi connectivity index (χ4n) is 1.08. The molecule has 0 bridgehead atoms. The fourth-order valence-corrected chi connectivity index (χ4v) is 1.08. The summed E-state index contributed by atoms with van der Waals surface area (Å²) in [6, 6.07) is 8.45. The maximum Gasteiger partial charge on any atom is 0.0361 e. The first-order valence-corrected chi connectivity index (χ1v) is 4.06. The van der Waals surface area contributed by atoms with Crippen LogP contribution in [0.15, 0.2) is 24.3 Å². The van der Waals surface area contributed by atoms with E-state index in [1.54, 1.807) is 0 Å². The number of nitrogens with zero attached hydrogens (tertiary/aromatic N) is 2. The Morgan fingerprint density at radius 2 is 1.75 bits per heavy atom. The standard InChI is InChI=1S/C10H15N2/c1-11-8-9-4-6-10(7-5-9)12(2)3/h4-7H,8H2,1-3H3/q-1. The number of benzene rings is 1. The molecule has 0 fully saturated rings. The molecule has 0 aliphatic rings. The Balaban J connectivity index is 2.71. The molecule has 2 heteroatoms. The van der Waals surface area contributed by atoms with Gasteiger partial charge in [0.25, 0.3) is 0 Å². The van der Waals surface area contributed by atoms with Gasteiger partial charge < -0.3 is 10.2 Å². The molecule has 12 heavy (non-hydrogen) atoms. The highest BCUT2D eigenvalue weighted by atomic mass is 15.1. The monoisotopic (exact) mass is 163 g/mol. The summed E-state index contributed by atoms with van der Waals surface area (Å²) in [5, 5.41) is 4.07. The van der Waals surface area contributed by atoms with Crippen molar-refractivity contribution in [2.45, 2.75) is 6.54 Å². The van der Waals surface area contributed by atoms with Crippen LogP contribution in [0.5, 0.6) is 0 Å². The van der Waals surface area contributed by atoms with Gasteiger partial charge in [-0.15, -0.1) is 6.54 Å². The summed E-state index contributed by atoms with van der Waals surface area (Å²) < 4.78 is 0. The van der Waals surface area contributed by atoms with Crippen molar-refractivity contribution in [1.29, 1.82) is 0 Å². The molecule has 0 N–H and O–H groups in total. The van der Waals surface area contributed by atoms with Gasteiger partial charge in [0, 0.05) is 19.8 Å². The fraction of sp³-hybridized carbons (Fsp3) is 0.400. The van der Waals surface area contributed by atoms with Gasteiger partial charge in [-0.2, -0.15) is 7.05 Å². The van der Waals surface area contributed by atoms with Crippen LogP contribution in [0.1, 0.15) is 5.56 Å². The molecule has 0 heterocycles. The van der Waals surface area contributed by atoms with Crippen molar-refractivity contribution in [2.24, 2.45) is 0 Å². The van der Waals surface area contributed by atoms with Crippen molar-refractivity contribution >= 4 is 5.69 Å². The van der Waals surface area contributed by atoms with Gasteiger partial charge in [0.05, 0.1) is 0 Å². The lowest BCUT2D eigenvalue weighted by molar-refractivity contribution is 1.12. The highest BCUT2D eigenvalue weighted by molar-refractivity contribution is 5.46. The summed E-state index contributed by atoms with van der Waals surface area (Å²) in [6.07, 6.45) is 0. The van der Waals surface area contributed by atoms with Crippen LogP contribution in [0.4, 0.5) is 5.69 Å².